The topological polar surface area (TPSA) is 87.6 Å². The number of nitrogens with one attached hydrogen (secondary N) is 2. The summed E-state index contributed by atoms with van der Waals surface area (Å²) in [5.41, 5.74) is 2.36. The lowest BCUT2D eigenvalue weighted by molar-refractivity contribution is -0.121. The monoisotopic (exact) mass is 421 g/mol. The van der Waals surface area contributed by atoms with Crippen LogP contribution >= 0.6 is 11.3 Å². The van der Waals surface area contributed by atoms with E-state index in [1.54, 1.807) is 26.0 Å². The molecule has 0 radical (unpaired) electrons. The summed E-state index contributed by atoms with van der Waals surface area (Å²) in [7, 11) is -3.69. The standard InChI is InChI=1S/C19H20FN3O3S2/c1-12-16(13(2)23-28(25,26)22-12)9-10-18(24)21-19(17-4-3-11-27-17)14-5-7-15(20)8-6-14/h3-8,11,19,22H,9-10H2,1-2H3,(H,21,24). The number of hydrogen-bond donors (Lipinski definition) is 2. The fraction of sp³-hybridized carbons (Fsp3) is 0.263. The van der Waals surface area contributed by atoms with Crippen LogP contribution in [-0.2, 0) is 15.0 Å². The molecule has 1 unspecified atom stereocenters. The van der Waals surface area contributed by atoms with Gasteiger partial charge in [-0.15, -0.1) is 15.7 Å². The van der Waals surface area contributed by atoms with Crippen LogP contribution < -0.4 is 10.0 Å². The van der Waals surface area contributed by atoms with Crippen LogP contribution in [-0.4, -0.2) is 20.0 Å². The molecule has 1 aliphatic rings. The van der Waals surface area contributed by atoms with Crippen molar-refractivity contribution in [3.8, 4) is 0 Å². The maximum atomic E-state index is 13.3. The second-order valence-electron chi connectivity index (χ2n) is 6.42. The average molecular weight is 422 g/mol. The third-order valence-corrected chi connectivity index (χ3v) is 6.38. The molecule has 3 rings (SSSR count). The van der Waals surface area contributed by atoms with Crippen molar-refractivity contribution in [2.45, 2.75) is 32.7 Å². The first-order valence-electron chi connectivity index (χ1n) is 8.63. The van der Waals surface area contributed by atoms with Gasteiger partial charge in [-0.2, -0.15) is 8.42 Å². The van der Waals surface area contributed by atoms with Crippen LogP contribution in [0.25, 0.3) is 0 Å². The van der Waals surface area contributed by atoms with Gasteiger partial charge in [-0.25, -0.2) is 4.39 Å². The number of hydrogen-bond acceptors (Lipinski definition) is 4. The molecule has 148 valence electrons. The van der Waals surface area contributed by atoms with E-state index < -0.39 is 10.2 Å². The maximum absolute atomic E-state index is 13.3. The quantitative estimate of drug-likeness (QED) is 0.749. The Morgan fingerprint density at radius 3 is 2.57 bits per heavy atom. The number of benzene rings is 1. The third kappa shape index (κ3) is 4.85. The van der Waals surface area contributed by atoms with Crippen molar-refractivity contribution in [1.29, 1.82) is 0 Å². The first-order valence-corrected chi connectivity index (χ1v) is 10.9. The fourth-order valence-corrected chi connectivity index (χ4v) is 4.88. The normalized spacial score (nSPS) is 16.9. The highest BCUT2D eigenvalue weighted by Crippen LogP contribution is 2.27. The van der Waals surface area contributed by atoms with E-state index in [-0.39, 0.29) is 24.2 Å². The summed E-state index contributed by atoms with van der Waals surface area (Å²) in [5.74, 6) is -0.527. The Morgan fingerprint density at radius 1 is 1.25 bits per heavy atom. The molecule has 9 heteroatoms. The lowest BCUT2D eigenvalue weighted by Crippen LogP contribution is -2.30. The molecule has 1 aliphatic heterocycles. The Labute approximate surface area is 167 Å². The molecule has 2 aromatic rings. The van der Waals surface area contributed by atoms with Crippen LogP contribution in [0.15, 0.2) is 57.4 Å². The van der Waals surface area contributed by atoms with Crippen molar-refractivity contribution in [2.24, 2.45) is 4.40 Å². The van der Waals surface area contributed by atoms with Crippen molar-refractivity contribution < 1.29 is 17.6 Å². The molecule has 0 aliphatic carbocycles. The second kappa shape index (κ2) is 8.24. The summed E-state index contributed by atoms with van der Waals surface area (Å²) in [5, 5.41) is 4.91. The van der Waals surface area contributed by atoms with Gasteiger partial charge in [0, 0.05) is 17.0 Å². The third-order valence-electron chi connectivity index (χ3n) is 4.37. The summed E-state index contributed by atoms with van der Waals surface area (Å²) in [6.07, 6.45) is 0.528. The van der Waals surface area contributed by atoms with Crippen molar-refractivity contribution in [3.05, 3.63) is 69.3 Å². The molecule has 0 saturated carbocycles. The van der Waals surface area contributed by atoms with E-state index in [1.165, 1.54) is 23.5 Å². The van der Waals surface area contributed by atoms with Crippen LogP contribution in [0.4, 0.5) is 4.39 Å². The molecule has 2 heterocycles. The van der Waals surface area contributed by atoms with Gasteiger partial charge >= 0.3 is 10.2 Å². The average Bonchev–Trinajstić information content (AvgIpc) is 3.13. The number of thiophene rings is 1. The van der Waals surface area contributed by atoms with E-state index in [0.29, 0.717) is 23.4 Å². The molecule has 28 heavy (non-hydrogen) atoms. The minimum Gasteiger partial charge on any atom is -0.344 e. The summed E-state index contributed by atoms with van der Waals surface area (Å²) in [6.45, 7) is 3.26. The first-order chi connectivity index (χ1) is 13.2. The van der Waals surface area contributed by atoms with Crippen molar-refractivity contribution >= 4 is 33.2 Å². The smallest absolute Gasteiger partial charge is 0.342 e. The van der Waals surface area contributed by atoms with E-state index in [4.69, 9.17) is 0 Å². The maximum Gasteiger partial charge on any atom is 0.342 e. The van der Waals surface area contributed by atoms with E-state index in [2.05, 4.69) is 14.4 Å². The summed E-state index contributed by atoms with van der Waals surface area (Å²) >= 11 is 1.51. The van der Waals surface area contributed by atoms with Gasteiger partial charge in [0.25, 0.3) is 0 Å². The van der Waals surface area contributed by atoms with Crippen molar-refractivity contribution in [2.75, 3.05) is 0 Å². The van der Waals surface area contributed by atoms with Crippen LogP contribution in [0.2, 0.25) is 0 Å². The SMILES string of the molecule is CC1=NS(=O)(=O)NC(C)=C1CCC(=O)NC(c1ccc(F)cc1)c1cccs1. The molecule has 0 spiro atoms. The zero-order chi connectivity index (χ0) is 20.3. The van der Waals surface area contributed by atoms with Gasteiger partial charge in [0.05, 0.1) is 11.8 Å². The van der Waals surface area contributed by atoms with Gasteiger partial charge in [-0.3, -0.25) is 9.52 Å². The van der Waals surface area contributed by atoms with Crippen LogP contribution in [0, 0.1) is 5.82 Å². The molecular formula is C19H20FN3O3S2. The predicted octanol–water partition coefficient (Wildman–Crippen LogP) is 3.46. The second-order valence-corrected chi connectivity index (χ2v) is 8.74. The summed E-state index contributed by atoms with van der Waals surface area (Å²) in [4.78, 5) is 13.5. The van der Waals surface area contributed by atoms with Gasteiger partial charge in [0.1, 0.15) is 5.82 Å². The fourth-order valence-electron chi connectivity index (χ4n) is 3.05. The van der Waals surface area contributed by atoms with E-state index in [0.717, 1.165) is 10.4 Å². The molecule has 1 atom stereocenters. The highest BCUT2D eigenvalue weighted by molar-refractivity contribution is 7.88. The zero-order valence-electron chi connectivity index (χ0n) is 15.4. The molecule has 0 fully saturated rings. The van der Waals surface area contributed by atoms with Gasteiger partial charge in [0.2, 0.25) is 5.91 Å². The Kier molecular flexibility index (Phi) is 5.95. The van der Waals surface area contributed by atoms with Gasteiger partial charge < -0.3 is 5.32 Å². The first kappa shape index (κ1) is 20.2. The van der Waals surface area contributed by atoms with E-state index >= 15 is 0 Å². The van der Waals surface area contributed by atoms with Crippen LogP contribution in [0.5, 0.6) is 0 Å². The zero-order valence-corrected chi connectivity index (χ0v) is 17.0. The van der Waals surface area contributed by atoms with Crippen molar-refractivity contribution in [3.63, 3.8) is 0 Å². The summed E-state index contributed by atoms with van der Waals surface area (Å²) in [6, 6.07) is 9.47. The highest BCUT2D eigenvalue weighted by atomic mass is 32.2. The molecule has 1 aromatic heterocycles. The molecular weight excluding hydrogens is 401 g/mol. The number of amides is 1. The number of rotatable bonds is 6. The number of halogens is 1. The lowest BCUT2D eigenvalue weighted by atomic mass is 10.0. The van der Waals surface area contributed by atoms with Crippen LogP contribution in [0.1, 0.15) is 43.2 Å². The van der Waals surface area contributed by atoms with E-state index in [9.17, 15) is 17.6 Å². The highest BCUT2D eigenvalue weighted by Gasteiger charge is 2.22. The Bertz CT molecular complexity index is 1030. The number of carbonyl (C=O) groups is 1. The molecule has 6 nitrogen and oxygen atoms in total. The number of carbonyl (C=O) groups excluding carboxylic acids is 1. The van der Waals surface area contributed by atoms with Crippen molar-refractivity contribution in [1.82, 2.24) is 10.0 Å². The minimum atomic E-state index is -3.69. The molecule has 1 aromatic carbocycles. The molecule has 2 N–H and O–H groups in total. The number of allylic oxidation sites excluding steroid dienone is 2. The summed E-state index contributed by atoms with van der Waals surface area (Å²) < 4.78 is 42.4. The Morgan fingerprint density at radius 2 is 1.96 bits per heavy atom. The predicted molar refractivity (Wildman–Crippen MR) is 108 cm³/mol. The Hall–Kier alpha value is -2.52. The lowest BCUT2D eigenvalue weighted by Gasteiger charge is -2.20. The molecule has 0 bridgehead atoms. The van der Waals surface area contributed by atoms with Gasteiger partial charge in [-0.1, -0.05) is 18.2 Å². The Balaban J connectivity index is 1.71. The minimum absolute atomic E-state index is 0.171. The van der Waals surface area contributed by atoms with Gasteiger partial charge in [0.15, 0.2) is 0 Å². The molecule has 1 amide bonds. The van der Waals surface area contributed by atoms with E-state index in [1.807, 2.05) is 17.5 Å². The molecule has 0 saturated heterocycles. The van der Waals surface area contributed by atoms with Gasteiger partial charge in [-0.05, 0) is 55.0 Å². The largest absolute Gasteiger partial charge is 0.344 e. The van der Waals surface area contributed by atoms with Crippen LogP contribution in [0.3, 0.4) is 0 Å². The number of nitrogens with zero attached hydrogens (tertiary/aromatic N) is 1.